The number of carbonyl (C=O) groups excluding carboxylic acids is 1. The topological polar surface area (TPSA) is 70.7 Å². The Morgan fingerprint density at radius 2 is 1.96 bits per heavy atom. The van der Waals surface area contributed by atoms with Gasteiger partial charge in [-0.2, -0.15) is 5.10 Å². The fourth-order valence-corrected chi connectivity index (χ4v) is 3.29. The molecule has 0 saturated heterocycles. The number of aromatic amines is 1. The number of fused-ring (bicyclic) bond motifs is 1. The summed E-state index contributed by atoms with van der Waals surface area (Å²) in [6.45, 7) is 4.85. The molecule has 0 unspecified atom stereocenters. The average Bonchev–Trinajstić information content (AvgIpc) is 3.19. The Hall–Kier alpha value is -2.54. The number of aromatic nitrogens is 2. The van der Waals surface area contributed by atoms with E-state index in [0.717, 1.165) is 29.1 Å². The highest BCUT2D eigenvalue weighted by atomic mass is 16.7. The van der Waals surface area contributed by atoms with E-state index in [1.54, 1.807) is 4.90 Å². The zero-order valence-corrected chi connectivity index (χ0v) is 16.0. The van der Waals surface area contributed by atoms with Crippen molar-refractivity contribution in [1.82, 2.24) is 20.0 Å². The van der Waals surface area contributed by atoms with Crippen LogP contribution in [0.1, 0.15) is 28.6 Å². The lowest BCUT2D eigenvalue weighted by molar-refractivity contribution is -0.135. The Morgan fingerprint density at radius 1 is 1.23 bits per heavy atom. The van der Waals surface area contributed by atoms with Crippen molar-refractivity contribution in [2.24, 2.45) is 0 Å². The largest absolute Gasteiger partial charge is 0.454 e. The number of nitrogens with one attached hydrogen (secondary N) is 1. The monoisotopic (exact) mass is 358 g/mol. The molecular weight excluding hydrogens is 332 g/mol. The SMILES string of the molecule is Cc1n[nH]c(C)c1CCN(C)C(=O)[C@H](c1ccc2c(c1)OCO2)N(C)C. The number of hydrogen-bond acceptors (Lipinski definition) is 5. The van der Waals surface area contributed by atoms with Gasteiger partial charge in [-0.1, -0.05) is 6.07 Å². The molecule has 3 rings (SSSR count). The number of likely N-dealkylation sites (N-methyl/N-ethyl adjacent to an activating group) is 2. The molecule has 0 bridgehead atoms. The van der Waals surface area contributed by atoms with E-state index in [2.05, 4.69) is 10.2 Å². The Balaban J connectivity index is 1.74. The van der Waals surface area contributed by atoms with E-state index in [9.17, 15) is 4.79 Å². The molecule has 1 aromatic heterocycles. The summed E-state index contributed by atoms with van der Waals surface area (Å²) in [5, 5.41) is 7.21. The molecule has 26 heavy (non-hydrogen) atoms. The van der Waals surface area contributed by atoms with Crippen LogP contribution in [0.25, 0.3) is 0 Å². The van der Waals surface area contributed by atoms with Crippen LogP contribution in [0.15, 0.2) is 18.2 Å². The van der Waals surface area contributed by atoms with Crippen LogP contribution in [0.4, 0.5) is 0 Å². The van der Waals surface area contributed by atoms with Crippen LogP contribution >= 0.6 is 0 Å². The van der Waals surface area contributed by atoms with Crippen molar-refractivity contribution in [2.75, 3.05) is 34.5 Å². The van der Waals surface area contributed by atoms with E-state index < -0.39 is 0 Å². The normalized spacial score (nSPS) is 13.9. The van der Waals surface area contributed by atoms with E-state index in [-0.39, 0.29) is 18.7 Å². The number of benzene rings is 1. The van der Waals surface area contributed by atoms with Gasteiger partial charge in [0.25, 0.3) is 0 Å². The van der Waals surface area contributed by atoms with Crippen molar-refractivity contribution >= 4 is 5.91 Å². The number of carbonyl (C=O) groups is 1. The minimum atomic E-state index is -0.374. The quantitative estimate of drug-likeness (QED) is 0.856. The molecule has 7 heteroatoms. The maximum Gasteiger partial charge on any atom is 0.244 e. The van der Waals surface area contributed by atoms with Gasteiger partial charge in [-0.15, -0.1) is 0 Å². The minimum absolute atomic E-state index is 0.0488. The van der Waals surface area contributed by atoms with Gasteiger partial charge >= 0.3 is 0 Å². The lowest BCUT2D eigenvalue weighted by Crippen LogP contribution is -2.39. The third-order valence-electron chi connectivity index (χ3n) is 4.82. The van der Waals surface area contributed by atoms with Gasteiger partial charge < -0.3 is 14.4 Å². The van der Waals surface area contributed by atoms with Crippen LogP contribution < -0.4 is 9.47 Å². The molecule has 2 aromatic rings. The number of nitrogens with zero attached hydrogens (tertiary/aromatic N) is 3. The molecular formula is C19H26N4O3. The van der Waals surface area contributed by atoms with Gasteiger partial charge in [0.05, 0.1) is 5.69 Å². The maximum absolute atomic E-state index is 13.1. The van der Waals surface area contributed by atoms with E-state index in [1.807, 2.05) is 58.1 Å². The van der Waals surface area contributed by atoms with Crippen LogP contribution in [0.5, 0.6) is 11.5 Å². The summed E-state index contributed by atoms with van der Waals surface area (Å²) >= 11 is 0. The third-order valence-corrected chi connectivity index (χ3v) is 4.82. The second-order valence-electron chi connectivity index (χ2n) is 6.90. The van der Waals surface area contributed by atoms with Crippen LogP contribution in [0.2, 0.25) is 0 Å². The molecule has 1 N–H and O–H groups in total. The summed E-state index contributed by atoms with van der Waals surface area (Å²) in [6.07, 6.45) is 0.775. The zero-order chi connectivity index (χ0) is 18.8. The smallest absolute Gasteiger partial charge is 0.244 e. The molecule has 1 amide bonds. The fraction of sp³-hybridized carbons (Fsp3) is 0.474. The standard InChI is InChI=1S/C19H26N4O3/c1-12-15(13(2)21-20-12)8-9-23(5)19(24)18(22(3)4)14-6-7-16-17(10-14)26-11-25-16/h6-7,10,18H,8-9,11H2,1-5H3,(H,20,21)/t18-/m0/s1. The van der Waals surface area contributed by atoms with E-state index >= 15 is 0 Å². The van der Waals surface area contributed by atoms with Crippen molar-refractivity contribution < 1.29 is 14.3 Å². The van der Waals surface area contributed by atoms with Gasteiger partial charge in [-0.3, -0.25) is 14.8 Å². The Kier molecular flexibility index (Phi) is 5.18. The molecule has 0 fully saturated rings. The first kappa shape index (κ1) is 18.3. The molecule has 1 aliphatic rings. The van der Waals surface area contributed by atoms with Gasteiger partial charge in [0, 0.05) is 19.3 Å². The number of aryl methyl sites for hydroxylation is 2. The van der Waals surface area contributed by atoms with Crippen LogP contribution in [-0.2, 0) is 11.2 Å². The summed E-state index contributed by atoms with van der Waals surface area (Å²) in [6, 6.07) is 5.30. The van der Waals surface area contributed by atoms with Crippen LogP contribution in [0, 0.1) is 13.8 Å². The molecule has 140 valence electrons. The summed E-state index contributed by atoms with van der Waals surface area (Å²) in [4.78, 5) is 16.8. The predicted molar refractivity (Wildman–Crippen MR) is 98.4 cm³/mol. The first-order valence-corrected chi connectivity index (χ1v) is 8.70. The van der Waals surface area contributed by atoms with Gasteiger partial charge in [0.1, 0.15) is 6.04 Å². The Bertz CT molecular complexity index is 781. The van der Waals surface area contributed by atoms with Crippen molar-refractivity contribution in [2.45, 2.75) is 26.3 Å². The molecule has 0 spiro atoms. The molecule has 0 aliphatic carbocycles. The van der Waals surface area contributed by atoms with E-state index in [4.69, 9.17) is 9.47 Å². The number of H-pyrrole nitrogens is 1. The number of amides is 1. The van der Waals surface area contributed by atoms with Gasteiger partial charge in [-0.25, -0.2) is 0 Å². The van der Waals surface area contributed by atoms with Gasteiger partial charge in [-0.05, 0) is 57.6 Å². The maximum atomic E-state index is 13.1. The molecule has 0 radical (unpaired) electrons. The molecule has 0 saturated carbocycles. The average molecular weight is 358 g/mol. The molecule has 1 aliphatic heterocycles. The van der Waals surface area contributed by atoms with Crippen molar-refractivity contribution in [3.63, 3.8) is 0 Å². The van der Waals surface area contributed by atoms with Crippen molar-refractivity contribution in [1.29, 1.82) is 0 Å². The Labute approximate surface area is 153 Å². The first-order valence-electron chi connectivity index (χ1n) is 8.70. The highest BCUT2D eigenvalue weighted by Gasteiger charge is 2.28. The Morgan fingerprint density at radius 3 is 2.62 bits per heavy atom. The summed E-state index contributed by atoms with van der Waals surface area (Å²) in [5.74, 6) is 1.46. The molecule has 1 atom stereocenters. The molecule has 7 nitrogen and oxygen atoms in total. The second-order valence-corrected chi connectivity index (χ2v) is 6.90. The van der Waals surface area contributed by atoms with Crippen LogP contribution in [-0.4, -0.2) is 60.4 Å². The highest BCUT2D eigenvalue weighted by molar-refractivity contribution is 5.83. The van der Waals surface area contributed by atoms with E-state index in [1.165, 1.54) is 5.56 Å². The minimum Gasteiger partial charge on any atom is -0.454 e. The summed E-state index contributed by atoms with van der Waals surface area (Å²) in [5.41, 5.74) is 4.12. The lowest BCUT2D eigenvalue weighted by Gasteiger charge is -2.29. The number of ether oxygens (including phenoxy) is 2. The molecule has 1 aromatic carbocycles. The second kappa shape index (κ2) is 7.37. The zero-order valence-electron chi connectivity index (χ0n) is 16.0. The van der Waals surface area contributed by atoms with Crippen molar-refractivity contribution in [3.8, 4) is 11.5 Å². The summed E-state index contributed by atoms with van der Waals surface area (Å²) in [7, 11) is 5.66. The van der Waals surface area contributed by atoms with E-state index in [0.29, 0.717) is 12.3 Å². The predicted octanol–water partition coefficient (Wildman–Crippen LogP) is 2.06. The lowest BCUT2D eigenvalue weighted by atomic mass is 10.0. The number of rotatable bonds is 6. The fourth-order valence-electron chi connectivity index (χ4n) is 3.29. The number of hydrogen-bond donors (Lipinski definition) is 1. The molecule has 2 heterocycles. The van der Waals surface area contributed by atoms with Crippen LogP contribution in [0.3, 0.4) is 0 Å². The highest BCUT2D eigenvalue weighted by Crippen LogP contribution is 2.35. The van der Waals surface area contributed by atoms with Gasteiger partial charge in [0.15, 0.2) is 11.5 Å². The first-order chi connectivity index (χ1) is 12.4. The summed E-state index contributed by atoms with van der Waals surface area (Å²) < 4.78 is 10.8. The van der Waals surface area contributed by atoms with Crippen molar-refractivity contribution in [3.05, 3.63) is 40.7 Å². The van der Waals surface area contributed by atoms with Gasteiger partial charge in [0.2, 0.25) is 12.7 Å². The third kappa shape index (κ3) is 3.53.